The second-order valence-corrected chi connectivity index (χ2v) is 8.21. The van der Waals surface area contributed by atoms with Crippen molar-refractivity contribution < 1.29 is 8.42 Å². The average Bonchev–Trinajstić information content (AvgIpc) is 3.04. The molecule has 0 atom stereocenters. The number of aliphatic imine (C=N–C) groups is 1. The topological polar surface area (TPSA) is 82.6 Å². The quantitative estimate of drug-likeness (QED) is 0.391. The van der Waals surface area contributed by atoms with Crippen molar-refractivity contribution in [2.75, 3.05) is 32.9 Å². The Labute approximate surface area is 145 Å². The molecule has 24 heavy (non-hydrogen) atoms. The van der Waals surface area contributed by atoms with Crippen LogP contribution in [0.15, 0.2) is 35.3 Å². The van der Waals surface area contributed by atoms with E-state index in [0.717, 1.165) is 12.8 Å². The van der Waals surface area contributed by atoms with E-state index in [4.69, 9.17) is 0 Å². The zero-order valence-electron chi connectivity index (χ0n) is 14.5. The first kappa shape index (κ1) is 18.7. The molecular weight excluding hydrogens is 324 g/mol. The highest BCUT2D eigenvalue weighted by Crippen LogP contribution is 2.40. The number of hydrogen-bond acceptors (Lipinski definition) is 3. The summed E-state index contributed by atoms with van der Waals surface area (Å²) in [5.41, 5.74) is 1.54. The van der Waals surface area contributed by atoms with E-state index in [1.54, 1.807) is 7.05 Å². The molecule has 1 aliphatic carbocycles. The zero-order chi connectivity index (χ0) is 17.5. The summed E-state index contributed by atoms with van der Waals surface area (Å²) in [4.78, 5) is 4.22. The summed E-state index contributed by atoms with van der Waals surface area (Å²) in [5.74, 6) is 0.701. The first-order valence-corrected chi connectivity index (χ1v) is 10.3. The van der Waals surface area contributed by atoms with E-state index in [2.05, 4.69) is 50.7 Å². The van der Waals surface area contributed by atoms with Gasteiger partial charge in [0, 0.05) is 32.1 Å². The van der Waals surface area contributed by atoms with Crippen molar-refractivity contribution in [1.82, 2.24) is 15.4 Å². The molecule has 6 nitrogen and oxygen atoms in total. The van der Waals surface area contributed by atoms with E-state index in [0.29, 0.717) is 19.0 Å². The summed E-state index contributed by atoms with van der Waals surface area (Å²) >= 11 is 0. The van der Waals surface area contributed by atoms with Crippen LogP contribution in [0.1, 0.15) is 31.2 Å². The largest absolute Gasteiger partial charge is 0.356 e. The fourth-order valence-corrected chi connectivity index (χ4v) is 3.77. The van der Waals surface area contributed by atoms with Crippen LogP contribution in [0.4, 0.5) is 0 Å². The van der Waals surface area contributed by atoms with E-state index in [1.807, 2.05) is 0 Å². The molecule has 2 rings (SSSR count). The van der Waals surface area contributed by atoms with Gasteiger partial charge in [0.2, 0.25) is 10.0 Å². The summed E-state index contributed by atoms with van der Waals surface area (Å²) < 4.78 is 24.6. The van der Waals surface area contributed by atoms with Crippen molar-refractivity contribution in [3.05, 3.63) is 35.9 Å². The Balaban J connectivity index is 1.89. The summed E-state index contributed by atoms with van der Waals surface area (Å²) in [7, 11) is -1.42. The molecule has 0 radical (unpaired) electrons. The number of sulfonamides is 1. The molecule has 0 spiro atoms. The van der Waals surface area contributed by atoms with Gasteiger partial charge in [-0.3, -0.25) is 4.99 Å². The molecule has 1 saturated carbocycles. The maximum atomic E-state index is 11.1. The molecular formula is C17H28N4O2S. The van der Waals surface area contributed by atoms with Crippen LogP contribution < -0.4 is 15.4 Å². The highest BCUT2D eigenvalue weighted by Gasteiger charge is 2.35. The molecule has 0 bridgehead atoms. The van der Waals surface area contributed by atoms with Crippen LogP contribution in [0.25, 0.3) is 0 Å². The van der Waals surface area contributed by atoms with Crippen molar-refractivity contribution in [3.63, 3.8) is 0 Å². The second-order valence-electron chi connectivity index (χ2n) is 6.37. The first-order chi connectivity index (χ1) is 11.5. The SMILES string of the molecule is CN=C(NCCNS(C)(=O)=O)NCC1(c2ccccc2)CCCC1. The van der Waals surface area contributed by atoms with Gasteiger partial charge >= 0.3 is 0 Å². The third-order valence-corrected chi connectivity index (χ3v) is 5.27. The second kappa shape index (κ2) is 8.48. The molecule has 134 valence electrons. The number of nitrogens with zero attached hydrogens (tertiary/aromatic N) is 1. The van der Waals surface area contributed by atoms with Crippen LogP contribution in [0.5, 0.6) is 0 Å². The maximum absolute atomic E-state index is 11.1. The van der Waals surface area contributed by atoms with Crippen molar-refractivity contribution in [1.29, 1.82) is 0 Å². The number of guanidine groups is 1. The van der Waals surface area contributed by atoms with E-state index < -0.39 is 10.0 Å². The van der Waals surface area contributed by atoms with E-state index in [1.165, 1.54) is 31.2 Å². The predicted octanol–water partition coefficient (Wildman–Crippen LogP) is 1.21. The fraction of sp³-hybridized carbons (Fsp3) is 0.588. The molecule has 1 fully saturated rings. The standard InChI is InChI=1S/C17H28N4O2S/c1-18-16(19-12-13-21-24(2,22)23)20-14-17(10-6-7-11-17)15-8-4-3-5-9-15/h3-5,8-9,21H,6-7,10-14H2,1-2H3,(H2,18,19,20). The Morgan fingerprint density at radius 1 is 1.12 bits per heavy atom. The van der Waals surface area contributed by atoms with Gasteiger partial charge in [0.05, 0.1) is 6.26 Å². The lowest BCUT2D eigenvalue weighted by atomic mass is 9.79. The molecule has 1 aromatic carbocycles. The van der Waals surface area contributed by atoms with Crippen LogP contribution in [0.2, 0.25) is 0 Å². The van der Waals surface area contributed by atoms with Crippen LogP contribution in [0, 0.1) is 0 Å². The first-order valence-electron chi connectivity index (χ1n) is 8.40. The normalized spacial score (nSPS) is 17.7. The monoisotopic (exact) mass is 352 g/mol. The van der Waals surface area contributed by atoms with Gasteiger partial charge in [-0.05, 0) is 18.4 Å². The summed E-state index contributed by atoms with van der Waals surface area (Å²) in [6.45, 7) is 1.66. The van der Waals surface area contributed by atoms with Gasteiger partial charge in [-0.1, -0.05) is 43.2 Å². The number of hydrogen-bond donors (Lipinski definition) is 3. The lowest BCUT2D eigenvalue weighted by Gasteiger charge is -2.30. The third-order valence-electron chi connectivity index (χ3n) is 4.55. The molecule has 0 aliphatic heterocycles. The fourth-order valence-electron chi connectivity index (χ4n) is 3.30. The molecule has 1 aromatic rings. The third kappa shape index (κ3) is 5.49. The Bertz CT molecular complexity index is 638. The summed E-state index contributed by atoms with van der Waals surface area (Å²) in [6, 6.07) is 10.7. The minimum atomic E-state index is -3.15. The Morgan fingerprint density at radius 2 is 1.79 bits per heavy atom. The number of benzene rings is 1. The Hall–Kier alpha value is -1.60. The Kier molecular flexibility index (Phi) is 6.62. The molecule has 0 saturated heterocycles. The number of rotatable bonds is 7. The molecule has 1 aliphatic rings. The zero-order valence-corrected chi connectivity index (χ0v) is 15.3. The minimum absolute atomic E-state index is 0.157. The van der Waals surface area contributed by atoms with Gasteiger partial charge in [-0.15, -0.1) is 0 Å². The molecule has 0 amide bonds. The highest BCUT2D eigenvalue weighted by atomic mass is 32.2. The van der Waals surface area contributed by atoms with Gasteiger partial charge in [0.25, 0.3) is 0 Å². The Morgan fingerprint density at radius 3 is 2.38 bits per heavy atom. The van der Waals surface area contributed by atoms with Crippen molar-refractivity contribution in [2.24, 2.45) is 4.99 Å². The van der Waals surface area contributed by atoms with Gasteiger partial charge in [0.1, 0.15) is 0 Å². The van der Waals surface area contributed by atoms with Crippen molar-refractivity contribution >= 4 is 16.0 Å². The minimum Gasteiger partial charge on any atom is -0.356 e. The summed E-state index contributed by atoms with van der Waals surface area (Å²) in [5, 5.41) is 6.56. The van der Waals surface area contributed by atoms with Crippen molar-refractivity contribution in [3.8, 4) is 0 Å². The smallest absolute Gasteiger partial charge is 0.208 e. The molecule has 3 N–H and O–H groups in total. The van der Waals surface area contributed by atoms with E-state index >= 15 is 0 Å². The van der Waals surface area contributed by atoms with E-state index in [-0.39, 0.29) is 5.41 Å². The molecule has 0 aromatic heterocycles. The molecule has 0 heterocycles. The van der Waals surface area contributed by atoms with Crippen molar-refractivity contribution in [2.45, 2.75) is 31.1 Å². The van der Waals surface area contributed by atoms with Crippen LogP contribution in [0.3, 0.4) is 0 Å². The highest BCUT2D eigenvalue weighted by molar-refractivity contribution is 7.88. The average molecular weight is 353 g/mol. The lowest BCUT2D eigenvalue weighted by Crippen LogP contribution is -2.46. The number of nitrogens with one attached hydrogen (secondary N) is 3. The maximum Gasteiger partial charge on any atom is 0.208 e. The van der Waals surface area contributed by atoms with Gasteiger partial charge in [0.15, 0.2) is 5.96 Å². The van der Waals surface area contributed by atoms with Gasteiger partial charge in [-0.25, -0.2) is 13.1 Å². The van der Waals surface area contributed by atoms with E-state index in [9.17, 15) is 8.42 Å². The molecule has 7 heteroatoms. The molecule has 0 unspecified atom stereocenters. The predicted molar refractivity (Wildman–Crippen MR) is 98.8 cm³/mol. The van der Waals surface area contributed by atoms with Crippen LogP contribution >= 0.6 is 0 Å². The van der Waals surface area contributed by atoms with Gasteiger partial charge in [-0.2, -0.15) is 0 Å². The lowest BCUT2D eigenvalue weighted by molar-refractivity contribution is 0.432. The van der Waals surface area contributed by atoms with Gasteiger partial charge < -0.3 is 10.6 Å². The van der Waals surface area contributed by atoms with Crippen LogP contribution in [-0.2, 0) is 15.4 Å². The summed E-state index contributed by atoms with van der Waals surface area (Å²) in [6.07, 6.45) is 6.01. The van der Waals surface area contributed by atoms with Crippen LogP contribution in [-0.4, -0.2) is 47.3 Å².